The second-order valence-corrected chi connectivity index (χ2v) is 6.03. The van der Waals surface area contributed by atoms with Crippen molar-refractivity contribution >= 4 is 15.9 Å². The van der Waals surface area contributed by atoms with Crippen LogP contribution in [0.4, 0.5) is 13.2 Å². The van der Waals surface area contributed by atoms with Gasteiger partial charge in [-0.15, -0.1) is 0 Å². The maximum absolute atomic E-state index is 12.7. The van der Waals surface area contributed by atoms with Crippen LogP contribution < -0.4 is 0 Å². The molecule has 118 valence electrons. The first kappa shape index (κ1) is 16.8. The lowest BCUT2D eigenvalue weighted by Gasteiger charge is -2.31. The molecule has 1 fully saturated rings. The summed E-state index contributed by atoms with van der Waals surface area (Å²) in [6.07, 6.45) is -2.12. The van der Waals surface area contributed by atoms with Gasteiger partial charge in [-0.2, -0.15) is 13.2 Å². The topological polar surface area (TPSA) is 12.5 Å². The highest BCUT2D eigenvalue weighted by atomic mass is 79.9. The number of piperidine rings is 1. The minimum Gasteiger partial charge on any atom is -0.377 e. The molecular weight excluding hydrogens is 347 g/mol. The maximum atomic E-state index is 12.7. The molecule has 0 unspecified atom stereocenters. The number of hydrogen-bond donors (Lipinski definition) is 0. The maximum Gasteiger partial charge on any atom is 0.416 e. The lowest BCUT2D eigenvalue weighted by atomic mass is 10.1. The van der Waals surface area contributed by atoms with Crippen LogP contribution in [-0.4, -0.2) is 36.0 Å². The molecule has 1 aliphatic heterocycles. The van der Waals surface area contributed by atoms with Gasteiger partial charge in [0.1, 0.15) is 0 Å². The van der Waals surface area contributed by atoms with Crippen LogP contribution in [0, 0.1) is 0 Å². The van der Waals surface area contributed by atoms with Gasteiger partial charge in [0.05, 0.1) is 18.3 Å². The van der Waals surface area contributed by atoms with E-state index in [0.717, 1.165) is 37.3 Å². The van der Waals surface area contributed by atoms with Crippen LogP contribution in [0.15, 0.2) is 24.3 Å². The Hall–Kier alpha value is -0.590. The van der Waals surface area contributed by atoms with E-state index in [4.69, 9.17) is 4.74 Å². The van der Waals surface area contributed by atoms with Gasteiger partial charge in [-0.1, -0.05) is 34.1 Å². The largest absolute Gasteiger partial charge is 0.416 e. The summed E-state index contributed by atoms with van der Waals surface area (Å²) in [5.41, 5.74) is 0.139. The standard InChI is InChI=1S/C15H19BrF3NO/c16-6-9-21-14-4-7-20(8-5-14)11-12-2-1-3-13(10-12)15(17,18)19/h1-3,10,14H,4-9,11H2. The van der Waals surface area contributed by atoms with E-state index in [9.17, 15) is 13.2 Å². The van der Waals surface area contributed by atoms with Gasteiger partial charge in [-0.05, 0) is 24.5 Å². The molecule has 1 aromatic rings. The van der Waals surface area contributed by atoms with Gasteiger partial charge in [-0.25, -0.2) is 0 Å². The van der Waals surface area contributed by atoms with E-state index >= 15 is 0 Å². The number of alkyl halides is 4. The molecule has 2 nitrogen and oxygen atoms in total. The lowest BCUT2D eigenvalue weighted by molar-refractivity contribution is -0.137. The van der Waals surface area contributed by atoms with Crippen LogP contribution in [-0.2, 0) is 17.5 Å². The zero-order valence-electron chi connectivity index (χ0n) is 11.7. The molecule has 6 heteroatoms. The molecule has 2 rings (SSSR count). The van der Waals surface area contributed by atoms with E-state index in [0.29, 0.717) is 18.7 Å². The molecule has 0 aliphatic carbocycles. The molecule has 0 radical (unpaired) electrons. The average molecular weight is 366 g/mol. The average Bonchev–Trinajstić information content (AvgIpc) is 2.46. The minimum absolute atomic E-state index is 0.278. The number of rotatable bonds is 5. The van der Waals surface area contributed by atoms with Gasteiger partial charge >= 0.3 is 6.18 Å². The smallest absolute Gasteiger partial charge is 0.377 e. The van der Waals surface area contributed by atoms with Crippen LogP contribution in [0.5, 0.6) is 0 Å². The Morgan fingerprint density at radius 3 is 2.57 bits per heavy atom. The first-order valence-electron chi connectivity index (χ1n) is 7.05. The summed E-state index contributed by atoms with van der Waals surface area (Å²) in [4.78, 5) is 2.18. The highest BCUT2D eigenvalue weighted by molar-refractivity contribution is 9.09. The van der Waals surface area contributed by atoms with Crippen molar-refractivity contribution < 1.29 is 17.9 Å². The van der Waals surface area contributed by atoms with Gasteiger partial charge in [0.25, 0.3) is 0 Å². The van der Waals surface area contributed by atoms with E-state index < -0.39 is 11.7 Å². The molecule has 1 heterocycles. The van der Waals surface area contributed by atoms with Gasteiger partial charge in [0, 0.05) is 25.0 Å². The van der Waals surface area contributed by atoms with Crippen LogP contribution in [0.2, 0.25) is 0 Å². The monoisotopic (exact) mass is 365 g/mol. The Morgan fingerprint density at radius 1 is 1.24 bits per heavy atom. The van der Waals surface area contributed by atoms with E-state index in [2.05, 4.69) is 20.8 Å². The fraction of sp³-hybridized carbons (Fsp3) is 0.600. The van der Waals surface area contributed by atoms with E-state index in [1.807, 2.05) is 0 Å². The van der Waals surface area contributed by atoms with Gasteiger partial charge in [0.15, 0.2) is 0 Å². The second kappa shape index (κ2) is 7.61. The zero-order chi connectivity index (χ0) is 15.3. The van der Waals surface area contributed by atoms with Crippen molar-refractivity contribution in [2.75, 3.05) is 25.0 Å². The summed E-state index contributed by atoms with van der Waals surface area (Å²) >= 11 is 3.33. The van der Waals surface area contributed by atoms with E-state index in [1.165, 1.54) is 12.1 Å². The lowest BCUT2D eigenvalue weighted by Crippen LogP contribution is -2.36. The van der Waals surface area contributed by atoms with Crippen molar-refractivity contribution in [3.8, 4) is 0 Å². The van der Waals surface area contributed by atoms with Crippen molar-refractivity contribution in [2.24, 2.45) is 0 Å². The third-order valence-corrected chi connectivity index (χ3v) is 3.95. The number of halogens is 4. The van der Waals surface area contributed by atoms with Crippen molar-refractivity contribution in [1.82, 2.24) is 4.90 Å². The summed E-state index contributed by atoms with van der Waals surface area (Å²) in [6, 6.07) is 5.59. The molecule has 0 saturated carbocycles. The summed E-state index contributed by atoms with van der Waals surface area (Å²) in [5, 5.41) is 0.831. The van der Waals surface area contributed by atoms with Crippen molar-refractivity contribution in [1.29, 1.82) is 0 Å². The highest BCUT2D eigenvalue weighted by Crippen LogP contribution is 2.30. The summed E-state index contributed by atoms with van der Waals surface area (Å²) in [6.45, 7) is 3.00. The molecule has 21 heavy (non-hydrogen) atoms. The van der Waals surface area contributed by atoms with Crippen molar-refractivity contribution in [3.63, 3.8) is 0 Å². The summed E-state index contributed by atoms with van der Waals surface area (Å²) in [7, 11) is 0. The number of hydrogen-bond acceptors (Lipinski definition) is 2. The Morgan fingerprint density at radius 2 is 1.95 bits per heavy atom. The van der Waals surface area contributed by atoms with Crippen molar-refractivity contribution in [2.45, 2.75) is 31.7 Å². The fourth-order valence-corrected chi connectivity index (χ4v) is 2.74. The molecule has 0 atom stereocenters. The zero-order valence-corrected chi connectivity index (χ0v) is 13.3. The van der Waals surface area contributed by atoms with E-state index in [1.54, 1.807) is 6.07 Å². The Kier molecular flexibility index (Phi) is 6.08. The molecule has 1 saturated heterocycles. The number of ether oxygens (including phenoxy) is 1. The predicted octanol–water partition coefficient (Wildman–Crippen LogP) is 4.08. The molecule has 0 amide bonds. The SMILES string of the molecule is FC(F)(F)c1cccc(CN2CCC(OCCBr)CC2)c1. The summed E-state index contributed by atoms with van der Waals surface area (Å²) in [5.74, 6) is 0. The van der Waals surface area contributed by atoms with Crippen LogP contribution in [0.1, 0.15) is 24.0 Å². The fourth-order valence-electron chi connectivity index (χ4n) is 2.55. The number of likely N-dealkylation sites (tertiary alicyclic amines) is 1. The highest BCUT2D eigenvalue weighted by Gasteiger charge is 2.30. The predicted molar refractivity (Wildman–Crippen MR) is 79.5 cm³/mol. The normalized spacial score (nSPS) is 18.1. The third kappa shape index (κ3) is 5.27. The number of benzene rings is 1. The molecule has 0 spiro atoms. The molecule has 1 aliphatic rings. The third-order valence-electron chi connectivity index (χ3n) is 3.63. The van der Waals surface area contributed by atoms with Crippen molar-refractivity contribution in [3.05, 3.63) is 35.4 Å². The van der Waals surface area contributed by atoms with Gasteiger partial charge in [-0.3, -0.25) is 4.90 Å². The molecule has 0 N–H and O–H groups in total. The Labute approximate surface area is 131 Å². The molecule has 0 aromatic heterocycles. The second-order valence-electron chi connectivity index (χ2n) is 5.23. The van der Waals surface area contributed by atoms with Gasteiger partial charge in [0.2, 0.25) is 0 Å². The molecule has 0 bridgehead atoms. The minimum atomic E-state index is -4.27. The molecule has 1 aromatic carbocycles. The number of nitrogens with zero attached hydrogens (tertiary/aromatic N) is 1. The Balaban J connectivity index is 1.86. The van der Waals surface area contributed by atoms with Crippen LogP contribution in [0.25, 0.3) is 0 Å². The van der Waals surface area contributed by atoms with E-state index in [-0.39, 0.29) is 6.10 Å². The first-order chi connectivity index (χ1) is 9.99. The van der Waals surface area contributed by atoms with Crippen LogP contribution in [0.3, 0.4) is 0 Å². The Bertz CT molecular complexity index is 445. The quantitative estimate of drug-likeness (QED) is 0.729. The summed E-state index contributed by atoms with van der Waals surface area (Å²) < 4.78 is 43.7. The first-order valence-corrected chi connectivity index (χ1v) is 8.17. The van der Waals surface area contributed by atoms with Gasteiger partial charge < -0.3 is 4.74 Å². The van der Waals surface area contributed by atoms with Crippen LogP contribution >= 0.6 is 15.9 Å². The molecular formula is C15H19BrF3NO.